The van der Waals surface area contributed by atoms with Gasteiger partial charge in [-0.15, -0.1) is 11.3 Å². The number of nitrogens with one attached hydrogen (secondary N) is 2. The maximum atomic E-state index is 12.3. The van der Waals surface area contributed by atoms with Crippen LogP contribution in [0.15, 0.2) is 41.4 Å². The van der Waals surface area contributed by atoms with E-state index in [1.165, 1.54) is 11.3 Å². The van der Waals surface area contributed by atoms with Gasteiger partial charge in [0.25, 0.3) is 5.91 Å². The van der Waals surface area contributed by atoms with Crippen LogP contribution in [-0.4, -0.2) is 28.3 Å². The first-order valence-corrected chi connectivity index (χ1v) is 9.37. The van der Waals surface area contributed by atoms with E-state index >= 15 is 0 Å². The minimum atomic E-state index is -0.203. The van der Waals surface area contributed by atoms with Gasteiger partial charge in [-0.2, -0.15) is 11.3 Å². The number of aromatic nitrogens is 2. The van der Waals surface area contributed by atoms with Crippen LogP contribution in [0, 0.1) is 6.92 Å². The molecule has 0 bridgehead atoms. The third-order valence-corrected chi connectivity index (χ3v) is 5.24. The summed E-state index contributed by atoms with van der Waals surface area (Å²) < 4.78 is 0. The molecule has 0 aliphatic carbocycles. The lowest BCUT2D eigenvalue weighted by molar-refractivity contribution is -0.116. The first-order valence-electron chi connectivity index (χ1n) is 7.61. The molecule has 8 heteroatoms. The predicted molar refractivity (Wildman–Crippen MR) is 100.0 cm³/mol. The molecule has 2 amide bonds. The number of rotatable bonds is 6. The number of carbonyl (C=O) groups excluding carboxylic acids is 2. The number of hydrogen-bond acceptors (Lipinski definition) is 6. The Labute approximate surface area is 153 Å². The third-order valence-electron chi connectivity index (χ3n) is 3.35. The maximum Gasteiger partial charge on any atom is 0.263 e. The molecule has 0 spiro atoms. The second-order valence-corrected chi connectivity index (χ2v) is 7.02. The van der Waals surface area contributed by atoms with Crippen molar-refractivity contribution in [1.29, 1.82) is 0 Å². The minimum absolute atomic E-state index is 0.173. The van der Waals surface area contributed by atoms with Crippen molar-refractivity contribution in [2.75, 3.05) is 11.9 Å². The van der Waals surface area contributed by atoms with E-state index in [-0.39, 0.29) is 24.8 Å². The molecule has 3 heterocycles. The van der Waals surface area contributed by atoms with Crippen LogP contribution >= 0.6 is 22.7 Å². The number of aryl methyl sites for hydroxylation is 1. The molecule has 0 unspecified atom stereocenters. The van der Waals surface area contributed by atoms with Crippen molar-refractivity contribution in [1.82, 2.24) is 15.3 Å². The zero-order valence-electron chi connectivity index (χ0n) is 13.5. The van der Waals surface area contributed by atoms with Crippen LogP contribution in [0.2, 0.25) is 0 Å². The van der Waals surface area contributed by atoms with E-state index in [4.69, 9.17) is 0 Å². The number of thiazole rings is 1. The van der Waals surface area contributed by atoms with Crippen LogP contribution in [0.4, 0.5) is 5.69 Å². The first kappa shape index (κ1) is 17.2. The standard InChI is InChI=1S/C17H16N4O2S2/c1-11-15(25-17(20-11)12-5-8-24-10-12)16(23)19-7-4-14(22)21-13-3-2-6-18-9-13/h2-3,5-6,8-10H,4,7H2,1H3,(H,19,23)(H,21,22). The first-order chi connectivity index (χ1) is 12.1. The summed E-state index contributed by atoms with van der Waals surface area (Å²) >= 11 is 2.95. The summed E-state index contributed by atoms with van der Waals surface area (Å²) in [7, 11) is 0. The van der Waals surface area contributed by atoms with Gasteiger partial charge in [-0.25, -0.2) is 4.98 Å². The van der Waals surface area contributed by atoms with E-state index < -0.39 is 0 Å². The van der Waals surface area contributed by atoms with Gasteiger partial charge in [0.2, 0.25) is 5.91 Å². The van der Waals surface area contributed by atoms with Gasteiger partial charge >= 0.3 is 0 Å². The summed E-state index contributed by atoms with van der Waals surface area (Å²) in [5, 5.41) is 10.3. The van der Waals surface area contributed by atoms with Crippen molar-refractivity contribution in [2.24, 2.45) is 0 Å². The van der Waals surface area contributed by atoms with Crippen molar-refractivity contribution in [3.8, 4) is 10.6 Å². The van der Waals surface area contributed by atoms with Crippen LogP contribution in [0.25, 0.3) is 10.6 Å². The van der Waals surface area contributed by atoms with Crippen molar-refractivity contribution >= 4 is 40.2 Å². The zero-order chi connectivity index (χ0) is 17.6. The molecule has 0 aromatic carbocycles. The van der Waals surface area contributed by atoms with Gasteiger partial charge in [-0.05, 0) is 30.5 Å². The smallest absolute Gasteiger partial charge is 0.263 e. The van der Waals surface area contributed by atoms with Crippen molar-refractivity contribution in [2.45, 2.75) is 13.3 Å². The topological polar surface area (TPSA) is 84.0 Å². The van der Waals surface area contributed by atoms with Crippen molar-refractivity contribution in [3.63, 3.8) is 0 Å². The Morgan fingerprint density at radius 1 is 1.28 bits per heavy atom. The average molecular weight is 372 g/mol. The second-order valence-electron chi connectivity index (χ2n) is 5.24. The highest BCUT2D eigenvalue weighted by molar-refractivity contribution is 7.17. The molecule has 0 saturated heterocycles. The monoisotopic (exact) mass is 372 g/mol. The molecule has 0 fully saturated rings. The van der Waals surface area contributed by atoms with E-state index in [0.717, 1.165) is 10.6 Å². The van der Waals surface area contributed by atoms with Gasteiger partial charge in [-0.3, -0.25) is 14.6 Å². The van der Waals surface area contributed by atoms with Crippen LogP contribution in [0.1, 0.15) is 21.8 Å². The van der Waals surface area contributed by atoms with E-state index in [2.05, 4.69) is 20.6 Å². The quantitative estimate of drug-likeness (QED) is 0.695. The number of thiophene rings is 1. The van der Waals surface area contributed by atoms with Crippen LogP contribution in [-0.2, 0) is 4.79 Å². The number of nitrogens with zero attached hydrogens (tertiary/aromatic N) is 2. The molecule has 3 aromatic rings. The molecule has 0 atom stereocenters. The Balaban J connectivity index is 1.52. The van der Waals surface area contributed by atoms with Crippen LogP contribution in [0.3, 0.4) is 0 Å². The zero-order valence-corrected chi connectivity index (χ0v) is 15.1. The fourth-order valence-electron chi connectivity index (χ4n) is 2.15. The summed E-state index contributed by atoms with van der Waals surface area (Å²) in [6.07, 6.45) is 3.40. The summed E-state index contributed by atoms with van der Waals surface area (Å²) in [6, 6.07) is 5.48. The summed E-state index contributed by atoms with van der Waals surface area (Å²) in [5.41, 5.74) is 2.36. The largest absolute Gasteiger partial charge is 0.351 e. The van der Waals surface area contributed by atoms with Crippen molar-refractivity contribution in [3.05, 3.63) is 51.9 Å². The number of pyridine rings is 1. The molecule has 2 N–H and O–H groups in total. The summed E-state index contributed by atoms with van der Waals surface area (Å²) in [4.78, 5) is 33.1. The van der Waals surface area contributed by atoms with Crippen molar-refractivity contribution < 1.29 is 9.59 Å². The Morgan fingerprint density at radius 2 is 2.16 bits per heavy atom. The third kappa shape index (κ3) is 4.49. The molecule has 0 aliphatic rings. The fraction of sp³-hybridized carbons (Fsp3) is 0.176. The van der Waals surface area contributed by atoms with Gasteiger partial charge in [0.1, 0.15) is 9.88 Å². The lowest BCUT2D eigenvalue weighted by atomic mass is 10.3. The molecule has 128 valence electrons. The number of carbonyl (C=O) groups is 2. The van der Waals surface area contributed by atoms with Gasteiger partial charge in [0.15, 0.2) is 0 Å². The molecular formula is C17H16N4O2S2. The number of amides is 2. The molecule has 3 rings (SSSR count). The van der Waals surface area contributed by atoms with Gasteiger partial charge < -0.3 is 10.6 Å². The molecule has 3 aromatic heterocycles. The number of anilines is 1. The van der Waals surface area contributed by atoms with Gasteiger partial charge in [0, 0.05) is 30.1 Å². The Bertz CT molecular complexity index is 860. The molecule has 0 radical (unpaired) electrons. The summed E-state index contributed by atoms with van der Waals surface area (Å²) in [5.74, 6) is -0.376. The average Bonchev–Trinajstić information content (AvgIpc) is 3.25. The molecular weight excluding hydrogens is 356 g/mol. The lowest BCUT2D eigenvalue weighted by Crippen LogP contribution is -2.27. The molecule has 25 heavy (non-hydrogen) atoms. The highest BCUT2D eigenvalue weighted by Gasteiger charge is 2.16. The second kappa shape index (κ2) is 8.00. The maximum absolute atomic E-state index is 12.3. The highest BCUT2D eigenvalue weighted by atomic mass is 32.1. The Morgan fingerprint density at radius 3 is 2.88 bits per heavy atom. The van der Waals surface area contributed by atoms with Crippen LogP contribution in [0.5, 0.6) is 0 Å². The Kier molecular flexibility index (Phi) is 5.52. The lowest BCUT2D eigenvalue weighted by Gasteiger charge is -2.05. The van der Waals surface area contributed by atoms with E-state index in [1.54, 1.807) is 35.9 Å². The minimum Gasteiger partial charge on any atom is -0.351 e. The van der Waals surface area contributed by atoms with Gasteiger partial charge in [-0.1, -0.05) is 0 Å². The Hall–Kier alpha value is -2.58. The molecule has 0 aliphatic heterocycles. The summed E-state index contributed by atoms with van der Waals surface area (Å²) in [6.45, 7) is 2.08. The normalized spacial score (nSPS) is 10.4. The molecule has 6 nitrogen and oxygen atoms in total. The SMILES string of the molecule is Cc1nc(-c2ccsc2)sc1C(=O)NCCC(=O)Nc1cccnc1. The van der Waals surface area contributed by atoms with Gasteiger partial charge in [0.05, 0.1) is 17.6 Å². The fourth-order valence-corrected chi connectivity index (χ4v) is 3.84. The van der Waals surface area contributed by atoms with E-state index in [1.807, 2.05) is 23.8 Å². The van der Waals surface area contributed by atoms with Crippen LogP contribution < -0.4 is 10.6 Å². The van der Waals surface area contributed by atoms with E-state index in [9.17, 15) is 9.59 Å². The predicted octanol–water partition coefficient (Wildman–Crippen LogP) is 3.33. The highest BCUT2D eigenvalue weighted by Crippen LogP contribution is 2.29. The number of hydrogen-bond donors (Lipinski definition) is 2. The molecule has 0 saturated carbocycles. The van der Waals surface area contributed by atoms with E-state index in [0.29, 0.717) is 16.3 Å².